The third kappa shape index (κ3) is 6.45. The molecule has 0 radical (unpaired) electrons. The fourth-order valence-corrected chi connectivity index (χ4v) is 3.60. The highest BCUT2D eigenvalue weighted by molar-refractivity contribution is 6.39. The van der Waals surface area contributed by atoms with Crippen molar-refractivity contribution in [2.45, 2.75) is 13.0 Å². The summed E-state index contributed by atoms with van der Waals surface area (Å²) >= 11 is 0. The third-order valence-electron chi connectivity index (χ3n) is 5.37. The molecule has 1 heterocycles. The van der Waals surface area contributed by atoms with Gasteiger partial charge < -0.3 is 25.0 Å². The number of hydrogen-bond acceptors (Lipinski definition) is 6. The largest absolute Gasteiger partial charge is 0.494 e. The molecule has 1 fully saturated rings. The van der Waals surface area contributed by atoms with E-state index < -0.39 is 11.8 Å². The molecule has 0 aromatic heterocycles. The first-order valence-corrected chi connectivity index (χ1v) is 10.9. The van der Waals surface area contributed by atoms with Crippen LogP contribution in [0.2, 0.25) is 0 Å². The number of ether oxygens (including phenoxy) is 2. The Morgan fingerprint density at radius 2 is 1.69 bits per heavy atom. The van der Waals surface area contributed by atoms with Crippen molar-refractivity contribution in [2.24, 2.45) is 0 Å². The Morgan fingerprint density at radius 3 is 2.28 bits per heavy atom. The van der Waals surface area contributed by atoms with E-state index in [-0.39, 0.29) is 6.04 Å². The lowest BCUT2D eigenvalue weighted by Crippen LogP contribution is -2.45. The second-order valence-corrected chi connectivity index (χ2v) is 7.77. The summed E-state index contributed by atoms with van der Waals surface area (Å²) in [7, 11) is 4.00. The van der Waals surface area contributed by atoms with E-state index in [4.69, 9.17) is 9.47 Å². The van der Waals surface area contributed by atoms with Crippen LogP contribution in [-0.4, -0.2) is 70.3 Å². The second-order valence-electron chi connectivity index (χ2n) is 7.77. The molecular formula is C24H32N4O4. The van der Waals surface area contributed by atoms with Gasteiger partial charge in [0.2, 0.25) is 0 Å². The summed E-state index contributed by atoms with van der Waals surface area (Å²) in [4.78, 5) is 29.2. The number of benzene rings is 2. The number of morpholine rings is 1. The molecule has 172 valence electrons. The lowest BCUT2D eigenvalue weighted by atomic mass is 10.0. The lowest BCUT2D eigenvalue weighted by Gasteiger charge is -2.35. The second kappa shape index (κ2) is 11.5. The third-order valence-corrected chi connectivity index (χ3v) is 5.37. The van der Waals surface area contributed by atoms with Crippen LogP contribution in [0.5, 0.6) is 5.75 Å². The van der Waals surface area contributed by atoms with Crippen LogP contribution in [0.25, 0.3) is 0 Å². The maximum Gasteiger partial charge on any atom is 0.313 e. The number of rotatable bonds is 8. The first-order valence-electron chi connectivity index (χ1n) is 10.9. The van der Waals surface area contributed by atoms with Gasteiger partial charge in [0, 0.05) is 45.1 Å². The van der Waals surface area contributed by atoms with Crippen LogP contribution in [0.15, 0.2) is 48.5 Å². The van der Waals surface area contributed by atoms with E-state index in [0.717, 1.165) is 24.3 Å². The molecule has 2 aromatic rings. The van der Waals surface area contributed by atoms with Gasteiger partial charge in [-0.1, -0.05) is 12.1 Å². The van der Waals surface area contributed by atoms with Crippen molar-refractivity contribution in [2.75, 3.05) is 63.8 Å². The number of nitrogens with one attached hydrogen (secondary N) is 2. The van der Waals surface area contributed by atoms with Gasteiger partial charge in [0.05, 0.1) is 25.9 Å². The lowest BCUT2D eigenvalue weighted by molar-refractivity contribution is -0.136. The molecule has 8 nitrogen and oxygen atoms in total. The van der Waals surface area contributed by atoms with E-state index in [1.807, 2.05) is 25.9 Å². The highest BCUT2D eigenvalue weighted by Crippen LogP contribution is 2.24. The van der Waals surface area contributed by atoms with Crippen LogP contribution in [0, 0.1) is 0 Å². The normalized spacial score (nSPS) is 15.0. The van der Waals surface area contributed by atoms with Gasteiger partial charge in [0.1, 0.15) is 5.75 Å². The summed E-state index contributed by atoms with van der Waals surface area (Å²) in [6, 6.07) is 15.1. The fraction of sp³-hybridized carbons (Fsp3) is 0.417. The summed E-state index contributed by atoms with van der Waals surface area (Å²) in [5, 5.41) is 5.43. The SMILES string of the molecule is CCOc1ccc(NC(=O)C(=O)NC[C@@H](c2ccc(N(C)C)cc2)N2CCOCC2)cc1. The minimum atomic E-state index is -0.696. The molecule has 0 spiro atoms. The zero-order chi connectivity index (χ0) is 22.9. The van der Waals surface area contributed by atoms with E-state index >= 15 is 0 Å². The molecule has 0 unspecified atom stereocenters. The molecule has 8 heteroatoms. The van der Waals surface area contributed by atoms with E-state index in [9.17, 15) is 9.59 Å². The van der Waals surface area contributed by atoms with Crippen LogP contribution in [0.3, 0.4) is 0 Å². The molecule has 1 saturated heterocycles. The number of carbonyl (C=O) groups excluding carboxylic acids is 2. The maximum absolute atomic E-state index is 12.5. The van der Waals surface area contributed by atoms with Crippen LogP contribution in [0.4, 0.5) is 11.4 Å². The Labute approximate surface area is 189 Å². The first kappa shape index (κ1) is 23.6. The molecule has 32 heavy (non-hydrogen) atoms. The topological polar surface area (TPSA) is 83.1 Å². The number of carbonyl (C=O) groups is 2. The van der Waals surface area contributed by atoms with Crippen LogP contribution >= 0.6 is 0 Å². The Kier molecular flexibility index (Phi) is 8.47. The van der Waals surface area contributed by atoms with Crippen molar-refractivity contribution in [3.05, 3.63) is 54.1 Å². The van der Waals surface area contributed by atoms with E-state index in [1.54, 1.807) is 24.3 Å². The molecule has 2 N–H and O–H groups in total. The quantitative estimate of drug-likeness (QED) is 0.613. The van der Waals surface area contributed by atoms with Gasteiger partial charge in [-0.05, 0) is 48.9 Å². The molecule has 1 atom stereocenters. The summed E-state index contributed by atoms with van der Waals surface area (Å²) < 4.78 is 10.9. The Bertz CT molecular complexity index is 878. The molecule has 0 saturated carbocycles. The van der Waals surface area contributed by atoms with Crippen LogP contribution < -0.4 is 20.3 Å². The first-order chi connectivity index (χ1) is 15.5. The molecular weight excluding hydrogens is 408 g/mol. The average Bonchev–Trinajstić information content (AvgIpc) is 2.81. The van der Waals surface area contributed by atoms with Gasteiger partial charge in [-0.25, -0.2) is 0 Å². The van der Waals surface area contributed by atoms with Crippen molar-refractivity contribution in [1.29, 1.82) is 0 Å². The van der Waals surface area contributed by atoms with Gasteiger partial charge >= 0.3 is 11.8 Å². The Morgan fingerprint density at radius 1 is 1.03 bits per heavy atom. The van der Waals surface area contributed by atoms with Gasteiger partial charge in [-0.3, -0.25) is 14.5 Å². The smallest absolute Gasteiger partial charge is 0.313 e. The van der Waals surface area contributed by atoms with E-state index in [2.05, 4.69) is 39.8 Å². The van der Waals surface area contributed by atoms with Crippen molar-refractivity contribution in [1.82, 2.24) is 10.2 Å². The summed E-state index contributed by atoms with van der Waals surface area (Å²) in [6.07, 6.45) is 0. The number of amides is 2. The molecule has 2 amide bonds. The molecule has 0 bridgehead atoms. The molecule has 1 aliphatic rings. The van der Waals surface area contributed by atoms with E-state index in [0.29, 0.717) is 37.8 Å². The highest BCUT2D eigenvalue weighted by atomic mass is 16.5. The molecule has 0 aliphatic carbocycles. The van der Waals surface area contributed by atoms with Crippen LogP contribution in [0.1, 0.15) is 18.5 Å². The Hall–Kier alpha value is -3.10. The predicted octanol–water partition coefficient (Wildman–Crippen LogP) is 2.28. The standard InChI is InChI=1S/C24H32N4O4/c1-4-32-21-11-7-19(8-12-21)26-24(30)23(29)25-17-22(28-13-15-31-16-14-28)18-5-9-20(10-6-18)27(2)3/h5-12,22H,4,13-17H2,1-3H3,(H,25,29)(H,26,30)/t22-/m0/s1. The van der Waals surface area contributed by atoms with Gasteiger partial charge in [-0.2, -0.15) is 0 Å². The molecule has 2 aromatic carbocycles. The van der Waals surface area contributed by atoms with Gasteiger partial charge in [0.15, 0.2) is 0 Å². The maximum atomic E-state index is 12.5. The highest BCUT2D eigenvalue weighted by Gasteiger charge is 2.24. The summed E-state index contributed by atoms with van der Waals surface area (Å²) in [5.74, 6) is -0.650. The molecule has 3 rings (SSSR count). The van der Waals surface area contributed by atoms with Crippen molar-refractivity contribution in [3.8, 4) is 5.75 Å². The summed E-state index contributed by atoms with van der Waals surface area (Å²) in [5.41, 5.74) is 2.73. The predicted molar refractivity (Wildman–Crippen MR) is 125 cm³/mol. The number of hydrogen-bond donors (Lipinski definition) is 2. The minimum absolute atomic E-state index is 0.0441. The van der Waals surface area contributed by atoms with Crippen molar-refractivity contribution in [3.63, 3.8) is 0 Å². The fourth-order valence-electron chi connectivity index (χ4n) is 3.60. The summed E-state index contributed by atoms with van der Waals surface area (Å²) in [6.45, 7) is 5.65. The zero-order valence-electron chi connectivity index (χ0n) is 19.0. The van der Waals surface area contributed by atoms with Crippen molar-refractivity contribution >= 4 is 23.2 Å². The van der Waals surface area contributed by atoms with E-state index in [1.165, 1.54) is 0 Å². The Balaban J connectivity index is 1.62. The van der Waals surface area contributed by atoms with Gasteiger partial charge in [-0.15, -0.1) is 0 Å². The van der Waals surface area contributed by atoms with Crippen molar-refractivity contribution < 1.29 is 19.1 Å². The number of anilines is 2. The zero-order valence-corrected chi connectivity index (χ0v) is 19.0. The van der Waals surface area contributed by atoms with Crippen LogP contribution in [-0.2, 0) is 14.3 Å². The molecule has 1 aliphatic heterocycles. The number of nitrogens with zero attached hydrogens (tertiary/aromatic N) is 2. The van der Waals surface area contributed by atoms with Gasteiger partial charge in [0.25, 0.3) is 0 Å². The monoisotopic (exact) mass is 440 g/mol. The average molecular weight is 441 g/mol. The minimum Gasteiger partial charge on any atom is -0.494 e.